The predicted molar refractivity (Wildman–Crippen MR) is 71.8 cm³/mol. The lowest BCUT2D eigenvalue weighted by atomic mass is 10.2. The summed E-state index contributed by atoms with van der Waals surface area (Å²) in [6, 6.07) is 8.72. The van der Waals surface area contributed by atoms with Crippen LogP contribution >= 0.6 is 0 Å². The first kappa shape index (κ1) is 12.0. The van der Waals surface area contributed by atoms with E-state index in [-0.39, 0.29) is 11.9 Å². The lowest BCUT2D eigenvalue weighted by Gasteiger charge is -2.14. The molecular weight excluding hydrogens is 242 g/mol. The van der Waals surface area contributed by atoms with Crippen LogP contribution in [0.5, 0.6) is 0 Å². The summed E-state index contributed by atoms with van der Waals surface area (Å²) in [6.07, 6.45) is 2.40. The Hall–Kier alpha value is -2.04. The second kappa shape index (κ2) is 4.91. The minimum absolute atomic E-state index is 0.0846. The fourth-order valence-electron chi connectivity index (χ4n) is 2.21. The molecule has 1 aliphatic carbocycles. The third-order valence-electron chi connectivity index (χ3n) is 3.55. The van der Waals surface area contributed by atoms with Gasteiger partial charge >= 0.3 is 6.03 Å². The van der Waals surface area contributed by atoms with Gasteiger partial charge in [-0.15, -0.1) is 0 Å². The predicted octanol–water partition coefficient (Wildman–Crippen LogP) is 1.11. The number of amides is 3. The van der Waals surface area contributed by atoms with Gasteiger partial charge in [-0.3, -0.25) is 9.69 Å². The van der Waals surface area contributed by atoms with Gasteiger partial charge in [-0.2, -0.15) is 0 Å². The van der Waals surface area contributed by atoms with Crippen molar-refractivity contribution in [2.45, 2.75) is 18.9 Å². The molecule has 1 atom stereocenters. The zero-order chi connectivity index (χ0) is 13.2. The van der Waals surface area contributed by atoms with Crippen molar-refractivity contribution < 1.29 is 9.59 Å². The number of para-hydroxylation sites is 1. The van der Waals surface area contributed by atoms with E-state index in [9.17, 15) is 9.59 Å². The normalized spacial score (nSPS) is 22.2. The Kier molecular flexibility index (Phi) is 3.11. The number of carbonyl (C=O) groups is 2. The average Bonchev–Trinajstić information content (AvgIpc) is 3.18. The number of nitrogens with one attached hydrogen (secondary N) is 2. The fourth-order valence-corrected chi connectivity index (χ4v) is 2.21. The highest BCUT2D eigenvalue weighted by Gasteiger charge is 2.34. The molecule has 1 saturated heterocycles. The van der Waals surface area contributed by atoms with Crippen LogP contribution in [-0.4, -0.2) is 31.1 Å². The Labute approximate surface area is 112 Å². The van der Waals surface area contributed by atoms with Crippen LogP contribution < -0.4 is 15.5 Å². The smallest absolute Gasteiger partial charge is 0.322 e. The van der Waals surface area contributed by atoms with Crippen LogP contribution in [0.3, 0.4) is 0 Å². The Balaban J connectivity index is 1.61. The van der Waals surface area contributed by atoms with E-state index < -0.39 is 6.04 Å². The van der Waals surface area contributed by atoms with Crippen LogP contribution in [-0.2, 0) is 4.79 Å². The molecule has 2 N–H and O–H groups in total. The summed E-state index contributed by atoms with van der Waals surface area (Å²) in [5.74, 6) is 0.560. The second-order valence-corrected chi connectivity index (χ2v) is 5.14. The van der Waals surface area contributed by atoms with E-state index in [4.69, 9.17) is 0 Å². The minimum Gasteiger partial charge on any atom is -0.354 e. The highest BCUT2D eigenvalue weighted by atomic mass is 16.2. The van der Waals surface area contributed by atoms with Crippen molar-refractivity contribution in [2.24, 2.45) is 5.92 Å². The van der Waals surface area contributed by atoms with Gasteiger partial charge in [-0.25, -0.2) is 4.79 Å². The lowest BCUT2D eigenvalue weighted by molar-refractivity contribution is -0.122. The van der Waals surface area contributed by atoms with Crippen LogP contribution in [0.15, 0.2) is 30.3 Å². The molecule has 2 fully saturated rings. The highest BCUT2D eigenvalue weighted by Crippen LogP contribution is 2.27. The molecular formula is C14H17N3O2. The Morgan fingerprint density at radius 3 is 2.74 bits per heavy atom. The van der Waals surface area contributed by atoms with Gasteiger partial charge in [-0.1, -0.05) is 18.2 Å². The van der Waals surface area contributed by atoms with Crippen molar-refractivity contribution >= 4 is 17.6 Å². The van der Waals surface area contributed by atoms with Gasteiger partial charge in [0, 0.05) is 12.2 Å². The largest absolute Gasteiger partial charge is 0.354 e. The van der Waals surface area contributed by atoms with Crippen LogP contribution in [0.4, 0.5) is 10.5 Å². The van der Waals surface area contributed by atoms with Crippen molar-refractivity contribution in [2.75, 3.05) is 18.0 Å². The van der Waals surface area contributed by atoms with Gasteiger partial charge in [0.15, 0.2) is 0 Å². The molecule has 1 unspecified atom stereocenters. The maximum atomic E-state index is 11.9. The zero-order valence-electron chi connectivity index (χ0n) is 10.6. The molecule has 5 heteroatoms. The van der Waals surface area contributed by atoms with Crippen LogP contribution in [0, 0.1) is 5.92 Å². The number of carbonyl (C=O) groups excluding carboxylic acids is 2. The molecule has 1 aromatic carbocycles. The maximum absolute atomic E-state index is 11.9. The monoisotopic (exact) mass is 259 g/mol. The van der Waals surface area contributed by atoms with E-state index in [1.165, 1.54) is 12.8 Å². The molecule has 1 saturated carbocycles. The summed E-state index contributed by atoms with van der Waals surface area (Å²) in [4.78, 5) is 25.4. The lowest BCUT2D eigenvalue weighted by Crippen LogP contribution is -2.43. The molecule has 0 spiro atoms. The molecule has 2 aliphatic rings. The molecule has 0 aromatic heterocycles. The standard InChI is InChI=1S/C14H17N3O2/c18-13(15-8-10-6-7-10)12-9-17(14(19)16-12)11-4-2-1-3-5-11/h1-5,10,12H,6-9H2,(H,15,18)(H,16,19). The molecule has 3 amide bonds. The molecule has 100 valence electrons. The zero-order valence-corrected chi connectivity index (χ0v) is 10.6. The number of hydrogen-bond acceptors (Lipinski definition) is 2. The van der Waals surface area contributed by atoms with Gasteiger partial charge < -0.3 is 10.6 Å². The minimum atomic E-state index is -0.452. The average molecular weight is 259 g/mol. The number of urea groups is 1. The summed E-state index contributed by atoms with van der Waals surface area (Å²) < 4.78 is 0. The quantitative estimate of drug-likeness (QED) is 0.851. The molecule has 1 heterocycles. The number of rotatable bonds is 4. The number of benzene rings is 1. The van der Waals surface area contributed by atoms with E-state index in [0.29, 0.717) is 12.5 Å². The number of hydrogen-bond donors (Lipinski definition) is 2. The van der Waals surface area contributed by atoms with Crippen LogP contribution in [0.2, 0.25) is 0 Å². The summed E-state index contributed by atoms with van der Waals surface area (Å²) in [5.41, 5.74) is 0.817. The van der Waals surface area contributed by atoms with Gasteiger partial charge in [0.1, 0.15) is 6.04 Å². The SMILES string of the molecule is O=C(NCC1CC1)C1CN(c2ccccc2)C(=O)N1. The molecule has 0 bridgehead atoms. The Bertz CT molecular complexity index is 485. The summed E-state index contributed by atoms with van der Waals surface area (Å²) in [6.45, 7) is 1.12. The van der Waals surface area contributed by atoms with E-state index in [2.05, 4.69) is 10.6 Å². The van der Waals surface area contributed by atoms with Crippen molar-refractivity contribution in [3.8, 4) is 0 Å². The first-order valence-corrected chi connectivity index (χ1v) is 6.65. The summed E-state index contributed by atoms with van der Waals surface area (Å²) in [5, 5.41) is 5.62. The fraction of sp³-hybridized carbons (Fsp3) is 0.429. The van der Waals surface area contributed by atoms with Crippen molar-refractivity contribution in [1.82, 2.24) is 10.6 Å². The Morgan fingerprint density at radius 1 is 1.32 bits per heavy atom. The number of nitrogens with zero attached hydrogens (tertiary/aromatic N) is 1. The van der Waals surface area contributed by atoms with Crippen molar-refractivity contribution in [3.63, 3.8) is 0 Å². The first-order chi connectivity index (χ1) is 9.24. The van der Waals surface area contributed by atoms with Gasteiger partial charge in [0.25, 0.3) is 0 Å². The highest BCUT2D eigenvalue weighted by molar-refractivity contribution is 6.00. The van der Waals surface area contributed by atoms with Crippen molar-refractivity contribution in [1.29, 1.82) is 0 Å². The second-order valence-electron chi connectivity index (χ2n) is 5.14. The van der Waals surface area contributed by atoms with Crippen LogP contribution in [0.25, 0.3) is 0 Å². The van der Waals surface area contributed by atoms with Gasteiger partial charge in [0.05, 0.1) is 6.54 Å². The van der Waals surface area contributed by atoms with Gasteiger partial charge in [-0.05, 0) is 30.9 Å². The first-order valence-electron chi connectivity index (χ1n) is 6.65. The molecule has 3 rings (SSSR count). The van der Waals surface area contributed by atoms with Gasteiger partial charge in [0.2, 0.25) is 5.91 Å². The summed E-state index contributed by atoms with van der Waals surface area (Å²) in [7, 11) is 0. The Morgan fingerprint density at radius 2 is 2.05 bits per heavy atom. The van der Waals surface area contributed by atoms with Crippen LogP contribution in [0.1, 0.15) is 12.8 Å². The molecule has 1 aliphatic heterocycles. The molecule has 5 nitrogen and oxygen atoms in total. The molecule has 19 heavy (non-hydrogen) atoms. The van der Waals surface area contributed by atoms with E-state index >= 15 is 0 Å². The molecule has 1 aromatic rings. The third kappa shape index (κ3) is 2.70. The third-order valence-corrected chi connectivity index (χ3v) is 3.55. The van der Waals surface area contributed by atoms with Crippen molar-refractivity contribution in [3.05, 3.63) is 30.3 Å². The topological polar surface area (TPSA) is 61.4 Å². The molecule has 0 radical (unpaired) electrons. The van der Waals surface area contributed by atoms with E-state index in [0.717, 1.165) is 12.2 Å². The number of anilines is 1. The van der Waals surface area contributed by atoms with E-state index in [1.54, 1.807) is 4.90 Å². The maximum Gasteiger partial charge on any atom is 0.322 e. The summed E-state index contributed by atoms with van der Waals surface area (Å²) >= 11 is 0. The van der Waals surface area contributed by atoms with E-state index in [1.807, 2.05) is 30.3 Å².